The van der Waals surface area contributed by atoms with Crippen molar-refractivity contribution in [2.24, 2.45) is 12.2 Å². The minimum atomic E-state index is -0.248. The van der Waals surface area contributed by atoms with E-state index in [-0.39, 0.29) is 30.1 Å². The van der Waals surface area contributed by atoms with Gasteiger partial charge in [-0.15, -0.1) is 0 Å². The van der Waals surface area contributed by atoms with Crippen molar-refractivity contribution in [2.45, 2.75) is 31.2 Å². The van der Waals surface area contributed by atoms with Gasteiger partial charge in [0.2, 0.25) is 0 Å². The number of fused-ring (bicyclic) bond motifs is 1. The third kappa shape index (κ3) is 7.53. The van der Waals surface area contributed by atoms with E-state index < -0.39 is 0 Å². The highest BCUT2D eigenvalue weighted by Crippen LogP contribution is 2.31. The number of para-hydroxylation sites is 2. The fourth-order valence-corrected chi connectivity index (χ4v) is 7.00. The number of oxime groups is 1. The molecule has 0 aliphatic carbocycles. The molecule has 8 nitrogen and oxygen atoms in total. The van der Waals surface area contributed by atoms with Crippen LogP contribution in [0.15, 0.2) is 70.6 Å². The van der Waals surface area contributed by atoms with Crippen LogP contribution in [0.25, 0.3) is 11.0 Å². The monoisotopic (exact) mass is 689 g/mol. The Morgan fingerprint density at radius 3 is 2.29 bits per heavy atom. The Hall–Kier alpha value is -3.01. The third-order valence-electron chi connectivity index (χ3n) is 8.46. The zero-order chi connectivity index (χ0) is 32.2. The highest BCUT2D eigenvalue weighted by atomic mass is 35.5. The number of rotatable bonds is 10. The first-order valence-electron chi connectivity index (χ1n) is 14.7. The molecule has 0 saturated carbocycles. The first-order chi connectivity index (χ1) is 21.6. The summed E-state index contributed by atoms with van der Waals surface area (Å²) in [7, 11) is 5.02. The molecule has 1 unspecified atom stereocenters. The van der Waals surface area contributed by atoms with Crippen molar-refractivity contribution in [3.63, 3.8) is 0 Å². The van der Waals surface area contributed by atoms with Gasteiger partial charge in [-0.25, -0.2) is 4.79 Å². The number of benzene rings is 3. The van der Waals surface area contributed by atoms with E-state index in [4.69, 9.17) is 51.2 Å². The van der Waals surface area contributed by atoms with Crippen molar-refractivity contribution in [3.05, 3.63) is 102 Å². The minimum Gasteiger partial charge on any atom is -0.399 e. The molecule has 1 amide bonds. The van der Waals surface area contributed by atoms with Crippen molar-refractivity contribution in [1.29, 1.82) is 0 Å². The zero-order valence-electron chi connectivity index (χ0n) is 25.4. The smallest absolute Gasteiger partial charge is 0.329 e. The van der Waals surface area contributed by atoms with Gasteiger partial charge in [0.1, 0.15) is 7.11 Å². The van der Waals surface area contributed by atoms with E-state index in [0.717, 1.165) is 49.1 Å². The van der Waals surface area contributed by atoms with E-state index in [1.807, 2.05) is 48.0 Å². The van der Waals surface area contributed by atoms with Crippen LogP contribution < -0.4 is 5.69 Å². The van der Waals surface area contributed by atoms with Gasteiger partial charge in [0, 0.05) is 54.8 Å². The Balaban J connectivity index is 1.32. The number of amides is 1. The van der Waals surface area contributed by atoms with Gasteiger partial charge >= 0.3 is 5.69 Å². The molecule has 1 fully saturated rings. The number of carbonyl (C=O) groups is 1. The predicted molar refractivity (Wildman–Crippen MR) is 184 cm³/mol. The second-order valence-corrected chi connectivity index (χ2v) is 13.1. The first-order valence-corrected chi connectivity index (χ1v) is 16.2. The summed E-state index contributed by atoms with van der Waals surface area (Å²) < 4.78 is 3.68. The maximum absolute atomic E-state index is 13.3. The van der Waals surface area contributed by atoms with Gasteiger partial charge in [0.05, 0.1) is 33.3 Å². The van der Waals surface area contributed by atoms with Crippen LogP contribution in [-0.2, 0) is 11.9 Å². The number of hydrogen-bond donors (Lipinski definition) is 0. The number of carbonyl (C=O) groups excluding carboxylic acids is 1. The van der Waals surface area contributed by atoms with Crippen LogP contribution in [0.4, 0.5) is 0 Å². The maximum atomic E-state index is 13.3. The molecule has 0 bridgehead atoms. The summed E-state index contributed by atoms with van der Waals surface area (Å²) in [6, 6.07) is 18.4. The number of nitrogens with zero attached hydrogens (tertiary/aromatic N) is 5. The van der Waals surface area contributed by atoms with Crippen LogP contribution in [0, 0.1) is 0 Å². The molecule has 238 valence electrons. The van der Waals surface area contributed by atoms with E-state index in [2.05, 4.69) is 10.1 Å². The van der Waals surface area contributed by atoms with Gasteiger partial charge in [-0.3, -0.25) is 13.9 Å². The molecule has 1 saturated heterocycles. The summed E-state index contributed by atoms with van der Waals surface area (Å²) >= 11 is 25.0. The zero-order valence-corrected chi connectivity index (χ0v) is 28.4. The Labute approximate surface area is 282 Å². The van der Waals surface area contributed by atoms with Gasteiger partial charge in [-0.2, -0.15) is 0 Å². The fourth-order valence-electron chi connectivity index (χ4n) is 6.17. The second kappa shape index (κ2) is 14.6. The lowest BCUT2D eigenvalue weighted by molar-refractivity contribution is 0.0812. The average molecular weight is 691 g/mol. The molecule has 45 heavy (non-hydrogen) atoms. The maximum Gasteiger partial charge on any atom is 0.329 e. The van der Waals surface area contributed by atoms with Crippen LogP contribution in [0.3, 0.4) is 0 Å². The predicted octanol–water partition coefficient (Wildman–Crippen LogP) is 7.54. The summed E-state index contributed by atoms with van der Waals surface area (Å²) in [6.07, 6.45) is 2.43. The van der Waals surface area contributed by atoms with Crippen LogP contribution in [-0.4, -0.2) is 70.9 Å². The quantitative estimate of drug-likeness (QED) is 0.127. The van der Waals surface area contributed by atoms with Crippen molar-refractivity contribution in [2.75, 3.05) is 40.3 Å². The number of imidazole rings is 1. The van der Waals surface area contributed by atoms with Crippen molar-refractivity contribution in [3.8, 4) is 0 Å². The fraction of sp³-hybridized carbons (Fsp3) is 0.364. The molecule has 5 rings (SSSR count). The number of aromatic nitrogens is 2. The topological polar surface area (TPSA) is 72.1 Å². The van der Waals surface area contributed by atoms with Gasteiger partial charge < -0.3 is 14.6 Å². The van der Waals surface area contributed by atoms with Gasteiger partial charge in [0.15, 0.2) is 0 Å². The number of hydrogen-bond acceptors (Lipinski definition) is 5. The summed E-state index contributed by atoms with van der Waals surface area (Å²) in [5, 5.41) is 6.06. The molecule has 1 aromatic heterocycles. The normalized spacial score (nSPS) is 15.4. The van der Waals surface area contributed by atoms with Crippen LogP contribution >= 0.6 is 46.4 Å². The van der Waals surface area contributed by atoms with Crippen molar-refractivity contribution < 1.29 is 9.63 Å². The molecule has 2 heterocycles. The van der Waals surface area contributed by atoms with Crippen molar-refractivity contribution in [1.82, 2.24) is 18.9 Å². The van der Waals surface area contributed by atoms with Gasteiger partial charge in [-0.1, -0.05) is 69.8 Å². The van der Waals surface area contributed by atoms with Crippen LogP contribution in [0.1, 0.15) is 47.1 Å². The van der Waals surface area contributed by atoms with Crippen LogP contribution in [0.5, 0.6) is 0 Å². The summed E-state index contributed by atoms with van der Waals surface area (Å²) in [4.78, 5) is 35.7. The molecule has 1 aliphatic heterocycles. The Morgan fingerprint density at radius 1 is 0.978 bits per heavy atom. The SMILES string of the molecule is CON=C(CN(C)C(=O)c1cc(Cl)cc(Cl)c1)C(CCN1CCC(n2c(=O)n(C)c3ccccc32)CC1)c1ccc(Cl)c(Cl)c1. The highest BCUT2D eigenvalue weighted by molar-refractivity contribution is 6.42. The van der Waals surface area contributed by atoms with E-state index in [9.17, 15) is 9.59 Å². The Bertz CT molecular complexity index is 1760. The highest BCUT2D eigenvalue weighted by Gasteiger charge is 2.28. The molecule has 12 heteroatoms. The lowest BCUT2D eigenvalue weighted by Gasteiger charge is -2.33. The third-order valence-corrected chi connectivity index (χ3v) is 9.64. The number of halogens is 4. The van der Waals surface area contributed by atoms with Crippen LogP contribution in [0.2, 0.25) is 20.1 Å². The van der Waals surface area contributed by atoms with Crippen molar-refractivity contribution >= 4 is 69.1 Å². The molecular formula is C33H35Cl4N5O3. The molecule has 0 N–H and O–H groups in total. The van der Waals surface area contributed by atoms with E-state index in [1.54, 1.807) is 40.8 Å². The number of likely N-dealkylation sites (tertiary alicyclic amines) is 1. The Kier molecular flexibility index (Phi) is 10.8. The second-order valence-electron chi connectivity index (χ2n) is 11.4. The van der Waals surface area contributed by atoms with Gasteiger partial charge in [-0.05, 0) is 73.8 Å². The molecule has 0 spiro atoms. The van der Waals surface area contributed by atoms with E-state index in [0.29, 0.717) is 37.8 Å². The molecule has 1 aliphatic rings. The minimum absolute atomic E-state index is 0.0217. The number of aryl methyl sites for hydroxylation is 1. The molecule has 3 aromatic carbocycles. The molecule has 4 aromatic rings. The average Bonchev–Trinajstić information content (AvgIpc) is 3.27. The van der Waals surface area contributed by atoms with Gasteiger partial charge in [0.25, 0.3) is 5.91 Å². The van der Waals surface area contributed by atoms with E-state index >= 15 is 0 Å². The summed E-state index contributed by atoms with van der Waals surface area (Å²) in [6.45, 7) is 2.67. The molecule has 1 atom stereocenters. The lowest BCUT2D eigenvalue weighted by Crippen LogP contribution is -2.39. The first kappa shape index (κ1) is 33.4. The van der Waals surface area contributed by atoms with E-state index in [1.165, 1.54) is 7.11 Å². The summed E-state index contributed by atoms with van der Waals surface area (Å²) in [5.41, 5.74) is 3.91. The molecular weight excluding hydrogens is 656 g/mol. The Morgan fingerprint density at radius 2 is 1.64 bits per heavy atom. The standard InChI is InChI=1S/C33H35Cl4N5O3/c1-39(32(43)22-16-23(34)19-24(35)17-22)20-29(38-45-3)26(21-8-9-27(36)28(37)18-21)12-15-41-13-10-25(11-14-41)42-31-7-5-4-6-30(31)40(2)33(42)44/h4-9,16-19,25-26H,10-15,20H2,1-3H3. The lowest BCUT2D eigenvalue weighted by atomic mass is 9.89. The largest absolute Gasteiger partial charge is 0.399 e. The summed E-state index contributed by atoms with van der Waals surface area (Å²) in [5.74, 6) is -0.460. The molecule has 0 radical (unpaired) electrons. The number of piperidine rings is 1.